The lowest BCUT2D eigenvalue weighted by atomic mass is 10.1. The molecule has 6 heteroatoms. The third kappa shape index (κ3) is 3.87. The van der Waals surface area contributed by atoms with Gasteiger partial charge in [-0.15, -0.1) is 0 Å². The van der Waals surface area contributed by atoms with Crippen LogP contribution >= 0.6 is 0 Å². The van der Waals surface area contributed by atoms with Gasteiger partial charge in [-0.2, -0.15) is 5.10 Å². The highest BCUT2D eigenvalue weighted by Crippen LogP contribution is 2.17. The molecular formula is C16H26N4O2. The summed E-state index contributed by atoms with van der Waals surface area (Å²) in [5.74, 6) is 0.515. The number of piperazine rings is 1. The molecule has 2 rings (SSSR count). The number of rotatable bonds is 5. The van der Waals surface area contributed by atoms with Crippen LogP contribution in [0.5, 0.6) is 0 Å². The first-order valence-electron chi connectivity index (χ1n) is 7.95. The third-order valence-corrected chi connectivity index (χ3v) is 4.05. The summed E-state index contributed by atoms with van der Waals surface area (Å²) in [5.41, 5.74) is 3.31. The fourth-order valence-electron chi connectivity index (χ4n) is 2.86. The number of nitrogens with one attached hydrogen (secondary N) is 1. The van der Waals surface area contributed by atoms with E-state index in [1.54, 1.807) is 4.90 Å². The summed E-state index contributed by atoms with van der Waals surface area (Å²) in [7, 11) is 0. The van der Waals surface area contributed by atoms with Crippen molar-refractivity contribution >= 4 is 11.8 Å². The van der Waals surface area contributed by atoms with Crippen molar-refractivity contribution in [1.82, 2.24) is 20.0 Å². The minimum atomic E-state index is -0.0725. The van der Waals surface area contributed by atoms with Gasteiger partial charge in [0, 0.05) is 31.7 Å². The van der Waals surface area contributed by atoms with Crippen LogP contribution in [-0.4, -0.2) is 46.1 Å². The standard InChI is InChI=1S/C16H26N4O2/c1-11(2)9-20-13(4)14(12(3)18-20)5-6-16(22)19-8-7-17-15(21)10-19/h11H,5-10H2,1-4H3,(H,17,21). The maximum atomic E-state index is 12.2. The minimum absolute atomic E-state index is 0.0465. The summed E-state index contributed by atoms with van der Waals surface area (Å²) < 4.78 is 2.04. The van der Waals surface area contributed by atoms with E-state index in [0.717, 1.165) is 23.5 Å². The highest BCUT2D eigenvalue weighted by atomic mass is 16.2. The summed E-state index contributed by atoms with van der Waals surface area (Å²) in [6.45, 7) is 10.6. The zero-order valence-corrected chi connectivity index (χ0v) is 14.0. The van der Waals surface area contributed by atoms with Crippen LogP contribution in [0.1, 0.15) is 37.2 Å². The molecule has 0 radical (unpaired) electrons. The fraction of sp³-hybridized carbons (Fsp3) is 0.688. The van der Waals surface area contributed by atoms with Gasteiger partial charge >= 0.3 is 0 Å². The lowest BCUT2D eigenvalue weighted by molar-refractivity contribution is -0.138. The van der Waals surface area contributed by atoms with Crippen molar-refractivity contribution < 1.29 is 9.59 Å². The Balaban J connectivity index is 1.97. The number of hydrogen-bond donors (Lipinski definition) is 1. The Morgan fingerprint density at radius 3 is 2.73 bits per heavy atom. The molecule has 2 heterocycles. The van der Waals surface area contributed by atoms with Gasteiger partial charge in [0.1, 0.15) is 0 Å². The summed E-state index contributed by atoms with van der Waals surface area (Å²) >= 11 is 0. The van der Waals surface area contributed by atoms with Crippen molar-refractivity contribution in [2.75, 3.05) is 19.6 Å². The summed E-state index contributed by atoms with van der Waals surface area (Å²) in [4.78, 5) is 25.2. The molecule has 122 valence electrons. The van der Waals surface area contributed by atoms with E-state index in [9.17, 15) is 9.59 Å². The highest BCUT2D eigenvalue weighted by molar-refractivity contribution is 5.86. The molecule has 6 nitrogen and oxygen atoms in total. The maximum absolute atomic E-state index is 12.2. The second-order valence-corrected chi connectivity index (χ2v) is 6.39. The normalized spacial score (nSPS) is 15.3. The molecule has 0 aromatic carbocycles. The van der Waals surface area contributed by atoms with Crippen LogP contribution in [0.15, 0.2) is 0 Å². The Labute approximate surface area is 131 Å². The average molecular weight is 306 g/mol. The summed E-state index contributed by atoms with van der Waals surface area (Å²) in [6, 6.07) is 0. The molecule has 1 N–H and O–H groups in total. The van der Waals surface area contributed by atoms with Gasteiger partial charge in [0.2, 0.25) is 11.8 Å². The van der Waals surface area contributed by atoms with Gasteiger partial charge in [-0.25, -0.2) is 0 Å². The summed E-state index contributed by atoms with van der Waals surface area (Å²) in [5, 5.41) is 7.31. The van der Waals surface area contributed by atoms with E-state index in [1.807, 2.05) is 11.6 Å². The molecule has 1 aliphatic rings. The van der Waals surface area contributed by atoms with E-state index in [1.165, 1.54) is 0 Å². The van der Waals surface area contributed by atoms with Crippen LogP contribution in [-0.2, 0) is 22.6 Å². The molecule has 0 bridgehead atoms. The zero-order chi connectivity index (χ0) is 16.3. The number of nitrogens with zero attached hydrogens (tertiary/aromatic N) is 3. The van der Waals surface area contributed by atoms with Crippen LogP contribution in [0.2, 0.25) is 0 Å². The molecule has 2 amide bonds. The number of carbonyl (C=O) groups is 2. The highest BCUT2D eigenvalue weighted by Gasteiger charge is 2.21. The monoisotopic (exact) mass is 306 g/mol. The topological polar surface area (TPSA) is 67.2 Å². The van der Waals surface area contributed by atoms with Gasteiger partial charge in [0.25, 0.3) is 0 Å². The number of amides is 2. The van der Waals surface area contributed by atoms with E-state index in [0.29, 0.717) is 31.8 Å². The van der Waals surface area contributed by atoms with E-state index in [-0.39, 0.29) is 18.4 Å². The maximum Gasteiger partial charge on any atom is 0.239 e. The van der Waals surface area contributed by atoms with Crippen LogP contribution in [0.3, 0.4) is 0 Å². The van der Waals surface area contributed by atoms with Gasteiger partial charge in [-0.3, -0.25) is 14.3 Å². The van der Waals surface area contributed by atoms with Crippen molar-refractivity contribution in [3.63, 3.8) is 0 Å². The number of carbonyl (C=O) groups excluding carboxylic acids is 2. The first-order chi connectivity index (χ1) is 10.4. The van der Waals surface area contributed by atoms with E-state index < -0.39 is 0 Å². The van der Waals surface area contributed by atoms with Crippen molar-refractivity contribution in [1.29, 1.82) is 0 Å². The van der Waals surface area contributed by atoms with Gasteiger partial charge in [0.15, 0.2) is 0 Å². The zero-order valence-electron chi connectivity index (χ0n) is 14.0. The third-order valence-electron chi connectivity index (χ3n) is 4.05. The molecule has 1 aromatic rings. The molecule has 0 unspecified atom stereocenters. The van der Waals surface area contributed by atoms with Crippen molar-refractivity contribution in [3.8, 4) is 0 Å². The van der Waals surface area contributed by atoms with Gasteiger partial charge < -0.3 is 10.2 Å². The minimum Gasteiger partial charge on any atom is -0.353 e. The molecule has 0 aliphatic carbocycles. The molecule has 0 atom stereocenters. The van der Waals surface area contributed by atoms with E-state index >= 15 is 0 Å². The second kappa shape index (κ2) is 6.94. The molecule has 1 aromatic heterocycles. The predicted molar refractivity (Wildman–Crippen MR) is 84.4 cm³/mol. The van der Waals surface area contributed by atoms with Crippen LogP contribution < -0.4 is 5.32 Å². The van der Waals surface area contributed by atoms with Crippen LogP contribution in [0.25, 0.3) is 0 Å². The quantitative estimate of drug-likeness (QED) is 0.884. The fourth-order valence-corrected chi connectivity index (χ4v) is 2.86. The Kier molecular flexibility index (Phi) is 5.21. The number of aryl methyl sites for hydroxylation is 1. The van der Waals surface area contributed by atoms with Gasteiger partial charge in [-0.05, 0) is 31.7 Å². The van der Waals surface area contributed by atoms with Crippen LogP contribution in [0.4, 0.5) is 0 Å². The molecule has 22 heavy (non-hydrogen) atoms. The lowest BCUT2D eigenvalue weighted by Gasteiger charge is -2.26. The van der Waals surface area contributed by atoms with E-state index in [2.05, 4.69) is 31.2 Å². The average Bonchev–Trinajstić information content (AvgIpc) is 2.70. The van der Waals surface area contributed by atoms with E-state index in [4.69, 9.17) is 0 Å². The van der Waals surface area contributed by atoms with Crippen molar-refractivity contribution in [2.45, 2.75) is 47.1 Å². The predicted octanol–water partition coefficient (Wildman–Crippen LogP) is 1.05. The molecular weight excluding hydrogens is 280 g/mol. The smallest absolute Gasteiger partial charge is 0.239 e. The molecule has 0 spiro atoms. The molecule has 1 fully saturated rings. The number of aromatic nitrogens is 2. The molecule has 1 saturated heterocycles. The Bertz CT molecular complexity index is 563. The molecule has 1 aliphatic heterocycles. The van der Waals surface area contributed by atoms with Gasteiger partial charge in [-0.1, -0.05) is 13.8 Å². The SMILES string of the molecule is Cc1nn(CC(C)C)c(C)c1CCC(=O)N1CCNC(=O)C1. The largest absolute Gasteiger partial charge is 0.353 e. The first-order valence-corrected chi connectivity index (χ1v) is 7.95. The van der Waals surface area contributed by atoms with Gasteiger partial charge in [0.05, 0.1) is 12.2 Å². The second-order valence-electron chi connectivity index (χ2n) is 6.39. The Hall–Kier alpha value is -1.85. The Morgan fingerprint density at radius 2 is 2.09 bits per heavy atom. The number of hydrogen-bond acceptors (Lipinski definition) is 3. The summed E-state index contributed by atoms with van der Waals surface area (Å²) in [6.07, 6.45) is 1.12. The van der Waals surface area contributed by atoms with Crippen molar-refractivity contribution in [3.05, 3.63) is 17.0 Å². The van der Waals surface area contributed by atoms with Crippen molar-refractivity contribution in [2.24, 2.45) is 5.92 Å². The Morgan fingerprint density at radius 1 is 1.36 bits per heavy atom. The molecule has 0 saturated carbocycles. The first kappa shape index (κ1) is 16.5. The van der Waals surface area contributed by atoms with Crippen LogP contribution in [0, 0.1) is 19.8 Å². The lowest BCUT2D eigenvalue weighted by Crippen LogP contribution is -2.50.